The summed E-state index contributed by atoms with van der Waals surface area (Å²) in [4.78, 5) is 2.38. The van der Waals surface area contributed by atoms with Gasteiger partial charge in [0.05, 0.1) is 10.7 Å². The quantitative estimate of drug-likeness (QED) is 0.898. The van der Waals surface area contributed by atoms with Gasteiger partial charge in [-0.1, -0.05) is 24.6 Å². The van der Waals surface area contributed by atoms with Crippen LogP contribution in [0.15, 0.2) is 18.2 Å². The van der Waals surface area contributed by atoms with Crippen molar-refractivity contribution in [2.75, 3.05) is 18.0 Å². The zero-order valence-electron chi connectivity index (χ0n) is 10.6. The van der Waals surface area contributed by atoms with Crippen molar-refractivity contribution in [1.82, 2.24) is 0 Å². The van der Waals surface area contributed by atoms with Crippen LogP contribution in [0, 0.1) is 5.92 Å². The number of halogens is 3. The van der Waals surface area contributed by atoms with Crippen molar-refractivity contribution in [3.05, 3.63) is 28.8 Å². The fraction of sp³-hybridized carbons (Fsp3) is 0.538. The number of benzene rings is 1. The van der Waals surface area contributed by atoms with Gasteiger partial charge in [0.1, 0.15) is 0 Å². The van der Waals surface area contributed by atoms with Gasteiger partial charge in [0.15, 0.2) is 0 Å². The Morgan fingerprint density at radius 3 is 2.39 bits per heavy atom. The minimum absolute atomic E-state index is 0. The largest absolute Gasteiger partial charge is 0.370 e. The molecule has 2 nitrogen and oxygen atoms in total. The van der Waals surface area contributed by atoms with Crippen LogP contribution in [0.4, 0.5) is 5.69 Å². The number of rotatable bonds is 2. The molecule has 2 N–H and O–H groups in total. The summed E-state index contributed by atoms with van der Waals surface area (Å²) in [7, 11) is 0. The summed E-state index contributed by atoms with van der Waals surface area (Å²) in [6.45, 7) is 5.10. The molecular formula is C13H21Cl3N2. The molecule has 5 heteroatoms. The molecule has 2 rings (SSSR count). The number of piperidine rings is 1. The molecule has 1 saturated heterocycles. The second-order valence-corrected chi connectivity index (χ2v) is 5.07. The summed E-state index contributed by atoms with van der Waals surface area (Å²) >= 11 is 6.28. The Labute approximate surface area is 127 Å². The van der Waals surface area contributed by atoms with Gasteiger partial charge in [-0.25, -0.2) is 0 Å². The lowest BCUT2D eigenvalue weighted by molar-refractivity contribution is 0.438. The van der Waals surface area contributed by atoms with Gasteiger partial charge < -0.3 is 10.6 Å². The topological polar surface area (TPSA) is 29.3 Å². The molecule has 1 aliphatic rings. The molecule has 1 aromatic rings. The fourth-order valence-electron chi connectivity index (χ4n) is 2.18. The van der Waals surface area contributed by atoms with Gasteiger partial charge in [0, 0.05) is 19.6 Å². The maximum Gasteiger partial charge on any atom is 0.0642 e. The second kappa shape index (κ2) is 8.11. The van der Waals surface area contributed by atoms with E-state index in [2.05, 4.69) is 24.0 Å². The molecule has 0 spiro atoms. The van der Waals surface area contributed by atoms with E-state index in [0.29, 0.717) is 6.54 Å². The van der Waals surface area contributed by atoms with E-state index in [4.69, 9.17) is 17.3 Å². The van der Waals surface area contributed by atoms with Gasteiger partial charge >= 0.3 is 0 Å². The third-order valence-electron chi connectivity index (χ3n) is 3.37. The normalized spacial score (nSPS) is 15.8. The van der Waals surface area contributed by atoms with E-state index in [0.717, 1.165) is 35.3 Å². The minimum Gasteiger partial charge on any atom is -0.370 e. The van der Waals surface area contributed by atoms with E-state index in [1.165, 1.54) is 12.8 Å². The van der Waals surface area contributed by atoms with E-state index in [-0.39, 0.29) is 24.8 Å². The first kappa shape index (κ1) is 17.8. The molecule has 0 radical (unpaired) electrons. The Balaban J connectivity index is 0.00000144. The van der Waals surface area contributed by atoms with Gasteiger partial charge in [-0.2, -0.15) is 0 Å². The SMILES string of the molecule is CC1CCN(c2ccc(CN)cc2Cl)CC1.Cl.Cl. The third-order valence-corrected chi connectivity index (χ3v) is 3.67. The molecule has 1 aliphatic heterocycles. The number of nitrogens with two attached hydrogens (primary N) is 1. The smallest absolute Gasteiger partial charge is 0.0642 e. The van der Waals surface area contributed by atoms with Crippen LogP contribution in [-0.2, 0) is 6.54 Å². The van der Waals surface area contributed by atoms with Crippen LogP contribution in [-0.4, -0.2) is 13.1 Å². The second-order valence-electron chi connectivity index (χ2n) is 4.66. The van der Waals surface area contributed by atoms with Crippen molar-refractivity contribution in [3.8, 4) is 0 Å². The average Bonchev–Trinajstić information content (AvgIpc) is 2.30. The summed E-state index contributed by atoms with van der Waals surface area (Å²) in [5, 5.41) is 0.831. The molecule has 1 heterocycles. The Kier molecular flexibility index (Phi) is 8.04. The molecule has 0 saturated carbocycles. The predicted molar refractivity (Wildman–Crippen MR) is 84.5 cm³/mol. The Bertz CT molecular complexity index is 363. The lowest BCUT2D eigenvalue weighted by Crippen LogP contribution is -2.32. The Morgan fingerprint density at radius 1 is 1.28 bits per heavy atom. The number of hydrogen-bond donors (Lipinski definition) is 1. The summed E-state index contributed by atoms with van der Waals surface area (Å²) in [6.07, 6.45) is 2.52. The van der Waals surface area contributed by atoms with Crippen molar-refractivity contribution in [3.63, 3.8) is 0 Å². The highest BCUT2D eigenvalue weighted by Crippen LogP contribution is 2.30. The van der Waals surface area contributed by atoms with Crippen LogP contribution in [0.5, 0.6) is 0 Å². The van der Waals surface area contributed by atoms with Crippen LogP contribution in [0.25, 0.3) is 0 Å². The zero-order valence-corrected chi connectivity index (χ0v) is 13.0. The zero-order chi connectivity index (χ0) is 11.5. The first-order valence-corrected chi connectivity index (χ1v) is 6.32. The van der Waals surface area contributed by atoms with Gasteiger partial charge in [0.25, 0.3) is 0 Å². The van der Waals surface area contributed by atoms with Crippen molar-refractivity contribution >= 4 is 42.1 Å². The predicted octanol–water partition coefficient (Wildman–Crippen LogP) is 3.88. The van der Waals surface area contributed by atoms with Crippen LogP contribution in [0.2, 0.25) is 5.02 Å². The maximum atomic E-state index is 6.28. The van der Waals surface area contributed by atoms with Crippen LogP contribution in [0.3, 0.4) is 0 Å². The number of hydrogen-bond acceptors (Lipinski definition) is 2. The van der Waals surface area contributed by atoms with Gasteiger partial charge in [-0.15, -0.1) is 24.8 Å². The molecule has 0 bridgehead atoms. The van der Waals surface area contributed by atoms with Crippen molar-refractivity contribution in [2.45, 2.75) is 26.3 Å². The average molecular weight is 312 g/mol. The minimum atomic E-state index is 0. The van der Waals surface area contributed by atoms with Gasteiger partial charge in [-0.3, -0.25) is 0 Å². The summed E-state index contributed by atoms with van der Waals surface area (Å²) < 4.78 is 0. The first-order chi connectivity index (χ1) is 7.70. The summed E-state index contributed by atoms with van der Waals surface area (Å²) in [5.74, 6) is 0.846. The number of anilines is 1. The monoisotopic (exact) mass is 310 g/mol. The molecule has 1 aromatic carbocycles. The first-order valence-electron chi connectivity index (χ1n) is 5.94. The lowest BCUT2D eigenvalue weighted by Gasteiger charge is -2.32. The highest BCUT2D eigenvalue weighted by molar-refractivity contribution is 6.33. The molecule has 0 amide bonds. The molecule has 18 heavy (non-hydrogen) atoms. The maximum absolute atomic E-state index is 6.28. The molecule has 104 valence electrons. The van der Waals surface area contributed by atoms with Crippen LogP contribution in [0.1, 0.15) is 25.3 Å². The number of nitrogens with zero attached hydrogens (tertiary/aromatic N) is 1. The fourth-order valence-corrected chi connectivity index (χ4v) is 2.51. The van der Waals surface area contributed by atoms with E-state index < -0.39 is 0 Å². The molecule has 0 unspecified atom stereocenters. The summed E-state index contributed by atoms with van der Waals surface area (Å²) in [5.41, 5.74) is 7.85. The van der Waals surface area contributed by atoms with Crippen LogP contribution >= 0.6 is 36.4 Å². The van der Waals surface area contributed by atoms with E-state index >= 15 is 0 Å². The van der Waals surface area contributed by atoms with Crippen LogP contribution < -0.4 is 10.6 Å². The van der Waals surface area contributed by atoms with E-state index in [1.54, 1.807) is 0 Å². The molecule has 1 fully saturated rings. The van der Waals surface area contributed by atoms with E-state index in [9.17, 15) is 0 Å². The molecule has 0 aromatic heterocycles. The Hall–Kier alpha value is -0.150. The van der Waals surface area contributed by atoms with Gasteiger partial charge in [-0.05, 0) is 36.5 Å². The molecule has 0 aliphatic carbocycles. The lowest BCUT2D eigenvalue weighted by atomic mass is 9.98. The summed E-state index contributed by atoms with van der Waals surface area (Å²) in [6, 6.07) is 6.15. The molecule has 0 atom stereocenters. The van der Waals surface area contributed by atoms with Crippen molar-refractivity contribution in [2.24, 2.45) is 11.7 Å². The Morgan fingerprint density at radius 2 is 1.89 bits per heavy atom. The van der Waals surface area contributed by atoms with E-state index in [1.807, 2.05) is 6.07 Å². The van der Waals surface area contributed by atoms with Crippen molar-refractivity contribution < 1.29 is 0 Å². The molecular weight excluding hydrogens is 291 g/mol. The van der Waals surface area contributed by atoms with Crippen molar-refractivity contribution in [1.29, 1.82) is 0 Å². The standard InChI is InChI=1S/C13H19ClN2.2ClH/c1-10-4-6-16(7-5-10)13-3-2-11(9-15)8-12(13)14;;/h2-3,8,10H,4-7,9,15H2,1H3;2*1H. The highest BCUT2D eigenvalue weighted by Gasteiger charge is 2.17. The highest BCUT2D eigenvalue weighted by atomic mass is 35.5. The van der Waals surface area contributed by atoms with Gasteiger partial charge in [0.2, 0.25) is 0 Å². The third kappa shape index (κ3) is 4.20.